The molecular weight excluding hydrogens is 218 g/mol. The zero-order chi connectivity index (χ0) is 12.0. The molecule has 2 aliphatic rings. The summed E-state index contributed by atoms with van der Waals surface area (Å²) in [4.78, 5) is 16.4. The number of carbonyl (C=O) groups excluding carboxylic acids is 1. The number of nitrogens with zero attached hydrogens (tertiary/aromatic N) is 5. The van der Waals surface area contributed by atoms with Crippen LogP contribution in [-0.4, -0.2) is 63.9 Å². The van der Waals surface area contributed by atoms with Crippen LogP contribution < -0.4 is 0 Å². The van der Waals surface area contributed by atoms with Crippen LogP contribution >= 0.6 is 0 Å². The van der Waals surface area contributed by atoms with E-state index in [2.05, 4.69) is 22.3 Å². The van der Waals surface area contributed by atoms with Crippen LogP contribution in [0.4, 0.5) is 0 Å². The molecule has 2 unspecified atom stereocenters. The molecule has 17 heavy (non-hydrogen) atoms. The number of rotatable bonds is 1. The molecule has 6 nitrogen and oxygen atoms in total. The van der Waals surface area contributed by atoms with Crippen molar-refractivity contribution < 1.29 is 4.79 Å². The number of aromatic nitrogens is 3. The van der Waals surface area contributed by atoms with E-state index in [4.69, 9.17) is 0 Å². The average Bonchev–Trinajstić information content (AvgIpc) is 2.90. The lowest BCUT2D eigenvalue weighted by Crippen LogP contribution is -2.32. The molecule has 1 amide bonds. The van der Waals surface area contributed by atoms with E-state index in [1.54, 1.807) is 17.9 Å². The molecule has 92 valence electrons. The predicted molar refractivity (Wildman–Crippen MR) is 61.4 cm³/mol. The Morgan fingerprint density at radius 2 is 1.88 bits per heavy atom. The van der Waals surface area contributed by atoms with Gasteiger partial charge in [0.15, 0.2) is 5.69 Å². The summed E-state index contributed by atoms with van der Waals surface area (Å²) in [7, 11) is 3.92. The summed E-state index contributed by atoms with van der Waals surface area (Å²) in [5.74, 6) is 1.30. The molecular formula is C11H17N5O. The maximum atomic E-state index is 12.2. The number of hydrogen-bond donors (Lipinski definition) is 0. The number of hydrogen-bond acceptors (Lipinski definition) is 4. The van der Waals surface area contributed by atoms with Crippen molar-refractivity contribution in [3.05, 3.63) is 11.9 Å². The molecule has 0 spiro atoms. The summed E-state index contributed by atoms with van der Waals surface area (Å²) in [5.41, 5.74) is 0.459. The molecule has 0 N–H and O–H groups in total. The Hall–Kier alpha value is -1.43. The van der Waals surface area contributed by atoms with Gasteiger partial charge in [-0.25, -0.2) is 0 Å². The van der Waals surface area contributed by atoms with Gasteiger partial charge in [0.2, 0.25) is 0 Å². The summed E-state index contributed by atoms with van der Waals surface area (Å²) in [6, 6.07) is 0. The fourth-order valence-corrected chi connectivity index (χ4v) is 3.00. The van der Waals surface area contributed by atoms with Crippen molar-refractivity contribution in [2.75, 3.05) is 33.2 Å². The van der Waals surface area contributed by atoms with Crippen LogP contribution in [-0.2, 0) is 7.05 Å². The van der Waals surface area contributed by atoms with Gasteiger partial charge >= 0.3 is 0 Å². The molecule has 0 bridgehead atoms. The van der Waals surface area contributed by atoms with Crippen LogP contribution in [0.25, 0.3) is 0 Å². The smallest absolute Gasteiger partial charge is 0.276 e. The molecule has 1 aromatic rings. The standard InChI is InChI=1S/C11H17N5O/c1-14-3-8-5-16(6-9(8)4-14)11(17)10-7-15(2)13-12-10/h7-9H,3-6H2,1-2H3. The number of likely N-dealkylation sites (tertiary alicyclic amines) is 2. The van der Waals surface area contributed by atoms with Crippen molar-refractivity contribution in [3.8, 4) is 0 Å². The fourth-order valence-electron chi connectivity index (χ4n) is 3.00. The molecule has 0 aliphatic carbocycles. The molecule has 2 aliphatic heterocycles. The Balaban J connectivity index is 1.70. The highest BCUT2D eigenvalue weighted by molar-refractivity contribution is 5.92. The van der Waals surface area contributed by atoms with Gasteiger partial charge in [-0.2, -0.15) is 0 Å². The molecule has 6 heteroatoms. The third-order valence-corrected chi connectivity index (χ3v) is 3.78. The van der Waals surface area contributed by atoms with Crippen LogP contribution in [0.5, 0.6) is 0 Å². The van der Waals surface area contributed by atoms with Crippen molar-refractivity contribution in [2.45, 2.75) is 0 Å². The Bertz CT molecular complexity index is 429. The first-order valence-corrected chi connectivity index (χ1v) is 5.97. The third kappa shape index (κ3) is 1.82. The molecule has 0 saturated carbocycles. The summed E-state index contributed by atoms with van der Waals surface area (Å²) in [5, 5.41) is 7.68. The second-order valence-electron chi connectivity index (χ2n) is 5.23. The Kier molecular flexibility index (Phi) is 2.39. The Labute approximate surface area is 100 Å². The van der Waals surface area contributed by atoms with Crippen molar-refractivity contribution >= 4 is 5.91 Å². The van der Waals surface area contributed by atoms with Gasteiger partial charge in [0.05, 0.1) is 6.20 Å². The SMILES string of the molecule is CN1CC2CN(C(=O)c3cn(C)nn3)CC2C1. The van der Waals surface area contributed by atoms with Gasteiger partial charge in [-0.15, -0.1) is 5.10 Å². The van der Waals surface area contributed by atoms with Gasteiger partial charge in [0, 0.05) is 33.2 Å². The zero-order valence-corrected chi connectivity index (χ0v) is 10.2. The fraction of sp³-hybridized carbons (Fsp3) is 0.727. The molecule has 0 radical (unpaired) electrons. The summed E-state index contributed by atoms with van der Waals surface area (Å²) in [6.07, 6.45) is 1.68. The van der Waals surface area contributed by atoms with Gasteiger partial charge in [-0.3, -0.25) is 9.48 Å². The lowest BCUT2D eigenvalue weighted by molar-refractivity contribution is 0.0770. The quantitative estimate of drug-likeness (QED) is 0.655. The van der Waals surface area contributed by atoms with Crippen LogP contribution in [0, 0.1) is 11.8 Å². The highest BCUT2D eigenvalue weighted by Gasteiger charge is 2.40. The number of amides is 1. The number of aryl methyl sites for hydroxylation is 1. The minimum absolute atomic E-state index is 0.0233. The van der Waals surface area contributed by atoms with E-state index >= 15 is 0 Å². The number of carbonyl (C=O) groups is 1. The van der Waals surface area contributed by atoms with Crippen molar-refractivity contribution in [1.82, 2.24) is 24.8 Å². The van der Waals surface area contributed by atoms with Gasteiger partial charge in [-0.1, -0.05) is 5.21 Å². The van der Waals surface area contributed by atoms with E-state index in [-0.39, 0.29) is 5.91 Å². The predicted octanol–water partition coefficient (Wildman–Crippen LogP) is -0.551. The second-order valence-corrected chi connectivity index (χ2v) is 5.23. The molecule has 2 atom stereocenters. The topological polar surface area (TPSA) is 54.3 Å². The van der Waals surface area contributed by atoms with Gasteiger partial charge in [0.1, 0.15) is 0 Å². The van der Waals surface area contributed by atoms with Gasteiger partial charge in [-0.05, 0) is 18.9 Å². The van der Waals surface area contributed by atoms with E-state index in [1.807, 2.05) is 4.90 Å². The monoisotopic (exact) mass is 235 g/mol. The van der Waals surface area contributed by atoms with Crippen LogP contribution in [0.15, 0.2) is 6.20 Å². The lowest BCUT2D eigenvalue weighted by Gasteiger charge is -2.17. The van der Waals surface area contributed by atoms with E-state index in [1.165, 1.54) is 0 Å². The Morgan fingerprint density at radius 1 is 1.24 bits per heavy atom. The Morgan fingerprint density at radius 3 is 2.41 bits per heavy atom. The van der Waals surface area contributed by atoms with Crippen LogP contribution in [0.1, 0.15) is 10.5 Å². The van der Waals surface area contributed by atoms with E-state index in [9.17, 15) is 4.79 Å². The van der Waals surface area contributed by atoms with Crippen molar-refractivity contribution in [3.63, 3.8) is 0 Å². The summed E-state index contributed by atoms with van der Waals surface area (Å²) < 4.78 is 1.57. The second kappa shape index (κ2) is 3.80. The molecule has 2 saturated heterocycles. The first-order valence-electron chi connectivity index (χ1n) is 5.97. The van der Waals surface area contributed by atoms with E-state index < -0.39 is 0 Å². The molecule has 3 rings (SSSR count). The van der Waals surface area contributed by atoms with E-state index in [0.717, 1.165) is 26.2 Å². The van der Waals surface area contributed by atoms with Crippen LogP contribution in [0.3, 0.4) is 0 Å². The molecule has 2 fully saturated rings. The normalized spacial score (nSPS) is 28.7. The maximum Gasteiger partial charge on any atom is 0.276 e. The first kappa shape index (κ1) is 10.7. The average molecular weight is 235 g/mol. The first-order chi connectivity index (χ1) is 8.13. The van der Waals surface area contributed by atoms with Crippen LogP contribution in [0.2, 0.25) is 0 Å². The lowest BCUT2D eigenvalue weighted by atomic mass is 10.0. The van der Waals surface area contributed by atoms with Gasteiger partial charge in [0.25, 0.3) is 5.91 Å². The number of fused-ring (bicyclic) bond motifs is 1. The van der Waals surface area contributed by atoms with Crippen molar-refractivity contribution in [1.29, 1.82) is 0 Å². The van der Waals surface area contributed by atoms with Gasteiger partial charge < -0.3 is 9.80 Å². The maximum absolute atomic E-state index is 12.2. The summed E-state index contributed by atoms with van der Waals surface area (Å²) >= 11 is 0. The zero-order valence-electron chi connectivity index (χ0n) is 10.2. The van der Waals surface area contributed by atoms with Crippen molar-refractivity contribution in [2.24, 2.45) is 18.9 Å². The minimum Gasteiger partial charge on any atom is -0.337 e. The van der Waals surface area contributed by atoms with E-state index in [0.29, 0.717) is 17.5 Å². The molecule has 0 aromatic carbocycles. The highest BCUT2D eigenvalue weighted by atomic mass is 16.2. The largest absolute Gasteiger partial charge is 0.337 e. The highest BCUT2D eigenvalue weighted by Crippen LogP contribution is 2.30. The minimum atomic E-state index is 0.0233. The molecule has 1 aromatic heterocycles. The summed E-state index contributed by atoms with van der Waals surface area (Å²) in [6.45, 7) is 3.94. The third-order valence-electron chi connectivity index (χ3n) is 3.78. The molecule has 3 heterocycles.